The molecule has 0 amide bonds. The Kier molecular flexibility index (Phi) is 5.20. The first-order valence-electron chi connectivity index (χ1n) is 7.52. The summed E-state index contributed by atoms with van der Waals surface area (Å²) in [5.74, 6) is 1.00. The molecule has 0 aliphatic carbocycles. The number of pyridine rings is 2. The van der Waals surface area contributed by atoms with E-state index in [-0.39, 0.29) is 0 Å². The predicted octanol–water partition coefficient (Wildman–Crippen LogP) is 3.87. The van der Waals surface area contributed by atoms with Gasteiger partial charge in [0.05, 0.1) is 16.9 Å². The van der Waals surface area contributed by atoms with Crippen molar-refractivity contribution in [1.82, 2.24) is 9.97 Å². The summed E-state index contributed by atoms with van der Waals surface area (Å²) in [4.78, 5) is 8.22. The van der Waals surface area contributed by atoms with Gasteiger partial charge < -0.3 is 15.8 Å². The quantitative estimate of drug-likeness (QED) is 0.817. The zero-order valence-electron chi connectivity index (χ0n) is 12.6. The van der Waals surface area contributed by atoms with Crippen LogP contribution in [0.1, 0.15) is 12.8 Å². The third-order valence-electron chi connectivity index (χ3n) is 3.94. The molecule has 2 aromatic rings. The largest absolute Gasteiger partial charge is 0.384 e. The second-order valence-electron chi connectivity index (χ2n) is 5.59. The summed E-state index contributed by atoms with van der Waals surface area (Å²) >= 11 is 12.4. The van der Waals surface area contributed by atoms with Crippen LogP contribution in [0.25, 0.3) is 11.1 Å². The number of hydrogen-bond donors (Lipinski definition) is 2. The van der Waals surface area contributed by atoms with E-state index in [4.69, 9.17) is 33.7 Å². The van der Waals surface area contributed by atoms with E-state index >= 15 is 0 Å². The maximum atomic E-state index is 6.23. The molecular formula is C16H18Cl2N4O. The Labute approximate surface area is 145 Å². The fourth-order valence-corrected chi connectivity index (χ4v) is 3.02. The van der Waals surface area contributed by atoms with Gasteiger partial charge in [-0.25, -0.2) is 9.97 Å². The topological polar surface area (TPSA) is 73.1 Å². The van der Waals surface area contributed by atoms with Gasteiger partial charge in [0, 0.05) is 37.1 Å². The molecule has 3 N–H and O–H groups in total. The molecule has 7 heteroatoms. The fourth-order valence-electron chi connectivity index (χ4n) is 2.61. The molecule has 1 aliphatic heterocycles. The molecule has 0 saturated carbocycles. The number of hydrogen-bond acceptors (Lipinski definition) is 5. The van der Waals surface area contributed by atoms with Crippen molar-refractivity contribution < 1.29 is 4.74 Å². The van der Waals surface area contributed by atoms with Crippen molar-refractivity contribution in [3.8, 4) is 11.1 Å². The number of ether oxygens (including phenoxy) is 1. The number of anilines is 2. The van der Waals surface area contributed by atoms with Crippen LogP contribution in [0.3, 0.4) is 0 Å². The van der Waals surface area contributed by atoms with Crippen LogP contribution < -0.4 is 11.1 Å². The summed E-state index contributed by atoms with van der Waals surface area (Å²) < 4.78 is 5.38. The van der Waals surface area contributed by atoms with E-state index in [0.717, 1.165) is 49.4 Å². The van der Waals surface area contributed by atoms with Crippen molar-refractivity contribution in [3.63, 3.8) is 0 Å². The fraction of sp³-hybridized carbons (Fsp3) is 0.375. The van der Waals surface area contributed by atoms with Crippen molar-refractivity contribution in [2.75, 3.05) is 30.8 Å². The zero-order chi connectivity index (χ0) is 16.2. The number of nitrogen functional groups attached to an aromatic ring is 1. The Bertz CT molecular complexity index is 690. The summed E-state index contributed by atoms with van der Waals surface area (Å²) in [7, 11) is 0. The lowest BCUT2D eigenvalue weighted by atomic mass is 10.0. The van der Waals surface area contributed by atoms with Gasteiger partial charge >= 0.3 is 0 Å². The summed E-state index contributed by atoms with van der Waals surface area (Å²) in [6.07, 6.45) is 5.40. The number of nitrogens with zero attached hydrogens (tertiary/aromatic N) is 2. The number of rotatable bonds is 4. The minimum absolute atomic E-state index is 0.383. The van der Waals surface area contributed by atoms with Gasteiger partial charge in [0.25, 0.3) is 0 Å². The van der Waals surface area contributed by atoms with Crippen LogP contribution in [-0.2, 0) is 4.74 Å². The number of halogens is 2. The smallest absolute Gasteiger partial charge is 0.137 e. The first kappa shape index (κ1) is 16.3. The number of nitrogens with one attached hydrogen (secondary N) is 1. The molecule has 0 unspecified atom stereocenters. The highest BCUT2D eigenvalue weighted by atomic mass is 35.5. The molecule has 1 aliphatic rings. The van der Waals surface area contributed by atoms with Crippen LogP contribution >= 0.6 is 23.2 Å². The average molecular weight is 353 g/mol. The van der Waals surface area contributed by atoms with Crippen LogP contribution in [0.4, 0.5) is 11.5 Å². The second-order valence-corrected chi connectivity index (χ2v) is 6.35. The molecule has 2 aromatic heterocycles. The zero-order valence-corrected chi connectivity index (χ0v) is 14.1. The van der Waals surface area contributed by atoms with E-state index in [1.54, 1.807) is 12.3 Å². The van der Waals surface area contributed by atoms with Crippen molar-refractivity contribution in [2.24, 2.45) is 5.92 Å². The standard InChI is InChI=1S/C16H18Cl2N4O/c17-14-9-21-15(19)6-12(14)13-5-11(8-22-16(13)18)20-7-10-1-3-23-4-2-10/h5-6,8-10,20H,1-4,7H2,(H2,19,21). The Morgan fingerprint density at radius 1 is 1.13 bits per heavy atom. The van der Waals surface area contributed by atoms with Crippen LogP contribution in [0.15, 0.2) is 24.5 Å². The monoisotopic (exact) mass is 352 g/mol. The Morgan fingerprint density at radius 3 is 2.70 bits per heavy atom. The van der Waals surface area contributed by atoms with Crippen LogP contribution in [0, 0.1) is 5.92 Å². The van der Waals surface area contributed by atoms with E-state index in [1.165, 1.54) is 6.20 Å². The van der Waals surface area contributed by atoms with Crippen LogP contribution in [0.2, 0.25) is 10.2 Å². The Hall–Kier alpha value is -1.56. The van der Waals surface area contributed by atoms with Gasteiger partial charge in [-0.15, -0.1) is 0 Å². The van der Waals surface area contributed by atoms with Gasteiger partial charge in [0.1, 0.15) is 11.0 Å². The van der Waals surface area contributed by atoms with Gasteiger partial charge in [0.2, 0.25) is 0 Å². The molecule has 0 bridgehead atoms. The Balaban J connectivity index is 1.80. The predicted molar refractivity (Wildman–Crippen MR) is 93.9 cm³/mol. The van der Waals surface area contributed by atoms with Crippen molar-refractivity contribution in [1.29, 1.82) is 0 Å². The molecule has 0 spiro atoms. The van der Waals surface area contributed by atoms with Gasteiger partial charge in [-0.1, -0.05) is 23.2 Å². The second kappa shape index (κ2) is 7.34. The number of nitrogens with two attached hydrogens (primary N) is 1. The minimum atomic E-state index is 0.383. The van der Waals surface area contributed by atoms with Crippen molar-refractivity contribution in [3.05, 3.63) is 34.7 Å². The normalized spacial score (nSPS) is 15.6. The van der Waals surface area contributed by atoms with Gasteiger partial charge in [-0.2, -0.15) is 0 Å². The summed E-state index contributed by atoms with van der Waals surface area (Å²) in [5, 5.41) is 4.29. The first-order chi connectivity index (χ1) is 11.1. The molecule has 0 aromatic carbocycles. The SMILES string of the molecule is Nc1cc(-c2cc(NCC3CCOCC3)cnc2Cl)c(Cl)cn1. The van der Waals surface area contributed by atoms with Crippen LogP contribution in [-0.4, -0.2) is 29.7 Å². The summed E-state index contributed by atoms with van der Waals surface area (Å²) in [6, 6.07) is 3.64. The third kappa shape index (κ3) is 4.05. The van der Waals surface area contributed by atoms with E-state index < -0.39 is 0 Å². The lowest BCUT2D eigenvalue weighted by Gasteiger charge is -2.22. The van der Waals surface area contributed by atoms with Crippen LogP contribution in [0.5, 0.6) is 0 Å². The molecule has 1 fully saturated rings. The Morgan fingerprint density at radius 2 is 1.91 bits per heavy atom. The summed E-state index contributed by atoms with van der Waals surface area (Å²) in [6.45, 7) is 2.56. The highest BCUT2D eigenvalue weighted by molar-refractivity contribution is 6.35. The van der Waals surface area contributed by atoms with Gasteiger partial charge in [-0.3, -0.25) is 0 Å². The molecule has 3 heterocycles. The molecule has 5 nitrogen and oxygen atoms in total. The van der Waals surface area contributed by atoms with Crippen molar-refractivity contribution in [2.45, 2.75) is 12.8 Å². The molecule has 0 atom stereocenters. The van der Waals surface area contributed by atoms with Crippen molar-refractivity contribution >= 4 is 34.7 Å². The van der Waals surface area contributed by atoms with E-state index in [1.807, 2.05) is 6.07 Å². The molecule has 23 heavy (non-hydrogen) atoms. The highest BCUT2D eigenvalue weighted by Gasteiger charge is 2.15. The van der Waals surface area contributed by atoms with Gasteiger partial charge in [0.15, 0.2) is 0 Å². The first-order valence-corrected chi connectivity index (χ1v) is 8.27. The lowest BCUT2D eigenvalue weighted by Crippen LogP contribution is -2.22. The van der Waals surface area contributed by atoms with E-state index in [2.05, 4.69) is 15.3 Å². The van der Waals surface area contributed by atoms with E-state index in [0.29, 0.717) is 21.9 Å². The molecule has 1 saturated heterocycles. The van der Waals surface area contributed by atoms with E-state index in [9.17, 15) is 0 Å². The molecular weight excluding hydrogens is 335 g/mol. The average Bonchev–Trinajstić information content (AvgIpc) is 2.57. The maximum absolute atomic E-state index is 6.23. The molecule has 0 radical (unpaired) electrons. The highest BCUT2D eigenvalue weighted by Crippen LogP contribution is 2.34. The van der Waals surface area contributed by atoms with Gasteiger partial charge in [-0.05, 0) is 30.9 Å². The summed E-state index contributed by atoms with van der Waals surface area (Å²) in [5.41, 5.74) is 8.12. The third-order valence-corrected chi connectivity index (χ3v) is 4.54. The maximum Gasteiger partial charge on any atom is 0.137 e. The number of aromatic nitrogens is 2. The molecule has 122 valence electrons. The molecule has 3 rings (SSSR count). The lowest BCUT2D eigenvalue weighted by molar-refractivity contribution is 0.0699. The minimum Gasteiger partial charge on any atom is -0.384 e.